The molecule has 1 unspecified atom stereocenters. The summed E-state index contributed by atoms with van der Waals surface area (Å²) in [6, 6.07) is 4.59. The summed E-state index contributed by atoms with van der Waals surface area (Å²) in [5.74, 6) is 1.06. The molecule has 1 atom stereocenters. The minimum atomic E-state index is 0.212. The Morgan fingerprint density at radius 1 is 1.47 bits per heavy atom. The molecule has 0 aromatic carbocycles. The zero-order valence-electron chi connectivity index (χ0n) is 12.6. The summed E-state index contributed by atoms with van der Waals surface area (Å²) in [5.41, 5.74) is 0.212. The molecule has 1 aromatic heterocycles. The molecule has 1 fully saturated rings. The molecule has 0 amide bonds. The van der Waals surface area contributed by atoms with Gasteiger partial charge in [-0.15, -0.1) is 0 Å². The second-order valence-electron chi connectivity index (χ2n) is 6.21. The fourth-order valence-electron chi connectivity index (χ4n) is 2.76. The van der Waals surface area contributed by atoms with Gasteiger partial charge >= 0.3 is 0 Å². The van der Waals surface area contributed by atoms with Crippen molar-refractivity contribution in [3.8, 4) is 0 Å². The van der Waals surface area contributed by atoms with Gasteiger partial charge in [-0.3, -0.25) is 4.90 Å². The molecular formula is C15H27N3O. The van der Waals surface area contributed by atoms with E-state index in [1.807, 2.05) is 13.1 Å². The second kappa shape index (κ2) is 6.07. The summed E-state index contributed by atoms with van der Waals surface area (Å²) in [6.07, 6.45) is 2.95. The van der Waals surface area contributed by atoms with Crippen LogP contribution in [-0.2, 0) is 6.54 Å². The third-order valence-electron chi connectivity index (χ3n) is 4.35. The Kier molecular flexibility index (Phi) is 4.66. The summed E-state index contributed by atoms with van der Waals surface area (Å²) < 4.78 is 5.52. The molecule has 0 bridgehead atoms. The molecular weight excluding hydrogens is 238 g/mol. The van der Waals surface area contributed by atoms with E-state index in [2.05, 4.69) is 42.1 Å². The molecule has 19 heavy (non-hydrogen) atoms. The first-order chi connectivity index (χ1) is 9.03. The summed E-state index contributed by atoms with van der Waals surface area (Å²) in [4.78, 5) is 5.03. The van der Waals surface area contributed by atoms with Crippen LogP contribution in [0.4, 0.5) is 0 Å². The highest BCUT2D eigenvalue weighted by atomic mass is 16.3. The van der Waals surface area contributed by atoms with Gasteiger partial charge in [0, 0.05) is 24.7 Å². The zero-order chi connectivity index (χ0) is 13.9. The van der Waals surface area contributed by atoms with E-state index in [0.29, 0.717) is 6.04 Å². The van der Waals surface area contributed by atoms with Crippen molar-refractivity contribution in [1.82, 2.24) is 15.1 Å². The number of nitrogens with one attached hydrogen (secondary N) is 1. The van der Waals surface area contributed by atoms with Crippen molar-refractivity contribution in [2.75, 3.05) is 33.7 Å². The predicted molar refractivity (Wildman–Crippen MR) is 78.2 cm³/mol. The topological polar surface area (TPSA) is 31.6 Å². The number of nitrogens with zero attached hydrogens (tertiary/aromatic N) is 2. The van der Waals surface area contributed by atoms with E-state index in [4.69, 9.17) is 4.42 Å². The minimum Gasteiger partial charge on any atom is -0.468 e. The molecule has 1 aliphatic heterocycles. The molecule has 1 N–H and O–H groups in total. The lowest BCUT2D eigenvalue weighted by atomic mass is 9.98. The fraction of sp³-hybridized carbons (Fsp3) is 0.733. The molecule has 2 heterocycles. The van der Waals surface area contributed by atoms with Crippen LogP contribution in [-0.4, -0.2) is 55.1 Å². The molecule has 0 aliphatic carbocycles. The lowest BCUT2D eigenvalue weighted by molar-refractivity contribution is 0.0976. The van der Waals surface area contributed by atoms with Gasteiger partial charge in [0.15, 0.2) is 0 Å². The van der Waals surface area contributed by atoms with E-state index in [0.717, 1.165) is 31.9 Å². The van der Waals surface area contributed by atoms with Crippen LogP contribution in [0.5, 0.6) is 0 Å². The first kappa shape index (κ1) is 14.6. The molecule has 1 saturated heterocycles. The lowest BCUT2D eigenvalue weighted by Gasteiger charge is -2.37. The molecule has 0 spiro atoms. The predicted octanol–water partition coefficient (Wildman–Crippen LogP) is 1.78. The van der Waals surface area contributed by atoms with Crippen LogP contribution in [0.2, 0.25) is 0 Å². The normalized spacial score (nSPS) is 25.4. The maximum Gasteiger partial charge on any atom is 0.117 e. The maximum absolute atomic E-state index is 5.52. The Morgan fingerprint density at radius 2 is 2.26 bits per heavy atom. The summed E-state index contributed by atoms with van der Waals surface area (Å²) in [6.45, 7) is 8.82. The van der Waals surface area contributed by atoms with Crippen molar-refractivity contribution < 1.29 is 4.42 Å². The molecule has 1 aliphatic rings. The van der Waals surface area contributed by atoms with Gasteiger partial charge in [-0.05, 0) is 53.0 Å². The number of hydrogen-bond donors (Lipinski definition) is 1. The van der Waals surface area contributed by atoms with E-state index in [-0.39, 0.29) is 5.54 Å². The van der Waals surface area contributed by atoms with Crippen molar-refractivity contribution in [3.63, 3.8) is 0 Å². The van der Waals surface area contributed by atoms with Crippen molar-refractivity contribution >= 4 is 0 Å². The molecule has 0 saturated carbocycles. The zero-order valence-corrected chi connectivity index (χ0v) is 12.6. The maximum atomic E-state index is 5.52. The third-order valence-corrected chi connectivity index (χ3v) is 4.35. The highest BCUT2D eigenvalue weighted by molar-refractivity contribution is 5.01. The van der Waals surface area contributed by atoms with Gasteiger partial charge < -0.3 is 14.6 Å². The van der Waals surface area contributed by atoms with E-state index >= 15 is 0 Å². The number of hydrogen-bond acceptors (Lipinski definition) is 4. The highest BCUT2D eigenvalue weighted by Crippen LogP contribution is 2.26. The van der Waals surface area contributed by atoms with Gasteiger partial charge in [-0.2, -0.15) is 0 Å². The molecule has 108 valence electrons. The fourth-order valence-corrected chi connectivity index (χ4v) is 2.76. The van der Waals surface area contributed by atoms with Crippen LogP contribution in [0.1, 0.15) is 26.0 Å². The molecule has 0 radical (unpaired) electrons. The van der Waals surface area contributed by atoms with E-state index in [9.17, 15) is 0 Å². The first-order valence-electron chi connectivity index (χ1n) is 7.15. The SMILES string of the molecule is CNCC1CN(Cc2ccco2)C(C)(C)CCN1C. The first-order valence-corrected chi connectivity index (χ1v) is 7.15. The standard InChI is InChI=1S/C15H27N3O/c1-15(2)7-8-17(4)13(10-16-3)11-18(15)12-14-6-5-9-19-14/h5-6,9,13,16H,7-8,10-12H2,1-4H3. The number of furan rings is 1. The highest BCUT2D eigenvalue weighted by Gasteiger charge is 2.34. The average molecular weight is 265 g/mol. The Bertz CT molecular complexity index is 375. The smallest absolute Gasteiger partial charge is 0.117 e. The Morgan fingerprint density at radius 3 is 2.89 bits per heavy atom. The Hall–Kier alpha value is -0.840. The van der Waals surface area contributed by atoms with Gasteiger partial charge in [0.1, 0.15) is 5.76 Å². The van der Waals surface area contributed by atoms with E-state index in [1.54, 1.807) is 6.26 Å². The van der Waals surface area contributed by atoms with Crippen molar-refractivity contribution in [2.24, 2.45) is 0 Å². The van der Waals surface area contributed by atoms with Crippen LogP contribution < -0.4 is 5.32 Å². The van der Waals surface area contributed by atoms with Gasteiger partial charge in [0.05, 0.1) is 12.8 Å². The monoisotopic (exact) mass is 265 g/mol. The number of rotatable bonds is 4. The quantitative estimate of drug-likeness (QED) is 0.899. The van der Waals surface area contributed by atoms with Crippen molar-refractivity contribution in [2.45, 2.75) is 38.4 Å². The molecule has 4 nitrogen and oxygen atoms in total. The molecule has 4 heteroatoms. The van der Waals surface area contributed by atoms with Gasteiger partial charge in [-0.1, -0.05) is 0 Å². The minimum absolute atomic E-state index is 0.212. The van der Waals surface area contributed by atoms with Gasteiger partial charge in [0.2, 0.25) is 0 Å². The van der Waals surface area contributed by atoms with Gasteiger partial charge in [-0.25, -0.2) is 0 Å². The third kappa shape index (κ3) is 3.59. The van der Waals surface area contributed by atoms with Crippen LogP contribution >= 0.6 is 0 Å². The van der Waals surface area contributed by atoms with E-state index in [1.165, 1.54) is 6.42 Å². The van der Waals surface area contributed by atoms with Crippen molar-refractivity contribution in [1.29, 1.82) is 0 Å². The number of likely N-dealkylation sites (N-methyl/N-ethyl adjacent to an activating group) is 2. The Labute approximate surface area is 116 Å². The molecule has 1 aromatic rings. The van der Waals surface area contributed by atoms with Crippen LogP contribution in [0.25, 0.3) is 0 Å². The summed E-state index contributed by atoms with van der Waals surface area (Å²) >= 11 is 0. The van der Waals surface area contributed by atoms with Crippen LogP contribution in [0, 0.1) is 0 Å². The van der Waals surface area contributed by atoms with Crippen LogP contribution in [0.15, 0.2) is 22.8 Å². The molecule has 2 rings (SSSR count). The second-order valence-corrected chi connectivity index (χ2v) is 6.21. The van der Waals surface area contributed by atoms with Crippen LogP contribution in [0.3, 0.4) is 0 Å². The average Bonchev–Trinajstić information content (AvgIpc) is 2.83. The van der Waals surface area contributed by atoms with Gasteiger partial charge in [0.25, 0.3) is 0 Å². The lowest BCUT2D eigenvalue weighted by Crippen LogP contribution is -2.48. The summed E-state index contributed by atoms with van der Waals surface area (Å²) in [5, 5.41) is 3.31. The largest absolute Gasteiger partial charge is 0.468 e. The Balaban J connectivity index is 2.11. The van der Waals surface area contributed by atoms with E-state index < -0.39 is 0 Å². The van der Waals surface area contributed by atoms with Crippen molar-refractivity contribution in [3.05, 3.63) is 24.2 Å². The summed E-state index contributed by atoms with van der Waals surface area (Å²) in [7, 11) is 4.26.